The Morgan fingerprint density at radius 2 is 1.94 bits per heavy atom. The number of esters is 1. The quantitative estimate of drug-likeness (QED) is 0.863. The molecule has 0 saturated carbocycles. The fourth-order valence-electron chi connectivity index (χ4n) is 1.73. The molecule has 3 nitrogen and oxygen atoms in total. The average molecular weight is 295 g/mol. The Morgan fingerprint density at radius 1 is 1.29 bits per heavy atom. The van der Waals surface area contributed by atoms with E-state index >= 15 is 0 Å². The van der Waals surface area contributed by atoms with Gasteiger partial charge < -0.3 is 9.84 Å². The molecule has 88 valence electrons. The number of fused-ring (bicyclic) bond motifs is 1. The van der Waals surface area contributed by atoms with E-state index in [2.05, 4.69) is 15.9 Å². The fourth-order valence-corrected chi connectivity index (χ4v) is 2.28. The van der Waals surface area contributed by atoms with Crippen molar-refractivity contribution in [1.82, 2.24) is 0 Å². The number of halogens is 1. The summed E-state index contributed by atoms with van der Waals surface area (Å²) in [5, 5.41) is 9.95. The third kappa shape index (κ3) is 2.00. The van der Waals surface area contributed by atoms with Gasteiger partial charge in [-0.25, -0.2) is 4.79 Å². The van der Waals surface area contributed by atoms with Crippen LogP contribution in [0, 0.1) is 0 Å². The summed E-state index contributed by atoms with van der Waals surface area (Å²) in [7, 11) is 0. The zero-order valence-electron chi connectivity index (χ0n) is 9.24. The van der Waals surface area contributed by atoms with E-state index in [1.165, 1.54) is 0 Å². The van der Waals surface area contributed by atoms with Crippen LogP contribution in [-0.4, -0.2) is 17.7 Å². The number of carbonyl (C=O) groups is 1. The van der Waals surface area contributed by atoms with Crippen LogP contribution in [0.3, 0.4) is 0 Å². The lowest BCUT2D eigenvalue weighted by atomic mass is 10.1. The van der Waals surface area contributed by atoms with Crippen LogP contribution in [0.25, 0.3) is 11.1 Å². The van der Waals surface area contributed by atoms with Gasteiger partial charge in [0.1, 0.15) is 11.3 Å². The molecule has 0 aromatic rings. The SMILES string of the molecule is CCOC(=O)c1c2cccccc-2c(Br)c1O. The Morgan fingerprint density at radius 3 is 2.59 bits per heavy atom. The summed E-state index contributed by atoms with van der Waals surface area (Å²) in [6, 6.07) is 9.14. The minimum absolute atomic E-state index is 0.0651. The monoisotopic (exact) mass is 294 g/mol. The van der Waals surface area contributed by atoms with Crippen LogP contribution in [0.15, 0.2) is 34.8 Å². The molecule has 1 N–H and O–H groups in total. The number of aromatic hydroxyl groups is 1. The normalized spacial score (nSPS) is 10.5. The summed E-state index contributed by atoms with van der Waals surface area (Å²) in [5.74, 6) is -0.573. The van der Waals surface area contributed by atoms with E-state index < -0.39 is 5.97 Å². The zero-order valence-corrected chi connectivity index (χ0v) is 10.8. The first-order chi connectivity index (χ1) is 8.16. The van der Waals surface area contributed by atoms with Crippen LogP contribution < -0.4 is 0 Å². The Bertz CT molecular complexity index is 537. The molecule has 0 fully saturated rings. The van der Waals surface area contributed by atoms with Gasteiger partial charge in [0.2, 0.25) is 0 Å². The van der Waals surface area contributed by atoms with Crippen molar-refractivity contribution in [2.24, 2.45) is 0 Å². The highest BCUT2D eigenvalue weighted by Gasteiger charge is 2.26. The number of carbonyl (C=O) groups excluding carboxylic acids is 1. The van der Waals surface area contributed by atoms with Crippen molar-refractivity contribution in [3.8, 4) is 16.9 Å². The van der Waals surface area contributed by atoms with Crippen LogP contribution in [0.5, 0.6) is 5.75 Å². The second kappa shape index (κ2) is 4.75. The Balaban J connectivity index is 2.66. The summed E-state index contributed by atoms with van der Waals surface area (Å²) >= 11 is 3.28. The van der Waals surface area contributed by atoms with Crippen molar-refractivity contribution >= 4 is 21.9 Å². The highest BCUT2D eigenvalue weighted by molar-refractivity contribution is 9.10. The van der Waals surface area contributed by atoms with E-state index in [9.17, 15) is 9.90 Å². The molecule has 0 amide bonds. The highest BCUT2D eigenvalue weighted by atomic mass is 79.9. The Hall–Kier alpha value is -1.55. The van der Waals surface area contributed by atoms with Gasteiger partial charge in [0.25, 0.3) is 0 Å². The fraction of sp³-hybridized carbons (Fsp3) is 0.154. The van der Waals surface area contributed by atoms with Crippen molar-refractivity contribution in [1.29, 1.82) is 0 Å². The maximum absolute atomic E-state index is 11.8. The standard InChI is InChI=1S/C13H11BrO3/c1-2-17-13(16)10-8-6-4-3-5-7-9(8)11(14)12(10)15/h3-7,15H,2H2,1H3. The van der Waals surface area contributed by atoms with E-state index in [1.807, 2.05) is 24.3 Å². The van der Waals surface area contributed by atoms with E-state index in [0.29, 0.717) is 10.0 Å². The number of hydrogen-bond donors (Lipinski definition) is 1. The van der Waals surface area contributed by atoms with Crippen molar-refractivity contribution < 1.29 is 14.6 Å². The van der Waals surface area contributed by atoms with Gasteiger partial charge in [-0.1, -0.05) is 30.3 Å². The topological polar surface area (TPSA) is 46.5 Å². The molecule has 0 spiro atoms. The smallest absolute Gasteiger partial charge is 0.342 e. The van der Waals surface area contributed by atoms with E-state index in [1.54, 1.807) is 13.0 Å². The first kappa shape index (κ1) is 11.9. The Labute approximate surface area is 107 Å². The first-order valence-electron chi connectivity index (χ1n) is 5.23. The predicted octanol–water partition coefficient (Wildman–Crippen LogP) is 3.44. The van der Waals surface area contributed by atoms with Gasteiger partial charge >= 0.3 is 5.97 Å². The summed E-state index contributed by atoms with van der Waals surface area (Å²) in [6.07, 6.45) is 0. The first-order valence-corrected chi connectivity index (χ1v) is 6.02. The van der Waals surface area contributed by atoms with Crippen molar-refractivity contribution in [2.75, 3.05) is 6.61 Å². The van der Waals surface area contributed by atoms with Crippen LogP contribution in [0.2, 0.25) is 0 Å². The molecule has 0 aromatic heterocycles. The van der Waals surface area contributed by atoms with Crippen molar-refractivity contribution in [3.05, 3.63) is 40.4 Å². The van der Waals surface area contributed by atoms with E-state index in [4.69, 9.17) is 4.74 Å². The van der Waals surface area contributed by atoms with E-state index in [-0.39, 0.29) is 17.9 Å². The summed E-state index contributed by atoms with van der Waals surface area (Å²) in [4.78, 5) is 11.8. The lowest BCUT2D eigenvalue weighted by Gasteiger charge is -2.01. The van der Waals surface area contributed by atoms with Crippen LogP contribution in [0.1, 0.15) is 17.3 Å². The van der Waals surface area contributed by atoms with E-state index in [0.717, 1.165) is 5.56 Å². The van der Waals surface area contributed by atoms with Gasteiger partial charge in [0.05, 0.1) is 11.1 Å². The number of rotatable bonds is 2. The second-order valence-electron chi connectivity index (χ2n) is 3.50. The molecular weight excluding hydrogens is 284 g/mol. The summed E-state index contributed by atoms with van der Waals surface area (Å²) in [6.45, 7) is 2.01. The molecule has 2 aliphatic carbocycles. The average Bonchev–Trinajstić information content (AvgIpc) is 2.49. The number of hydrogen-bond acceptors (Lipinski definition) is 3. The number of ether oxygens (including phenoxy) is 1. The minimum atomic E-state index is -0.508. The van der Waals surface area contributed by atoms with Gasteiger partial charge in [-0.3, -0.25) is 0 Å². The molecule has 0 aromatic carbocycles. The maximum atomic E-state index is 11.8. The lowest BCUT2D eigenvalue weighted by molar-refractivity contribution is 0.0524. The van der Waals surface area contributed by atoms with Gasteiger partial charge in [0.15, 0.2) is 0 Å². The summed E-state index contributed by atoms with van der Waals surface area (Å²) in [5.41, 5.74) is 1.68. The molecule has 4 heteroatoms. The van der Waals surface area contributed by atoms with Gasteiger partial charge in [-0.2, -0.15) is 0 Å². The molecule has 0 atom stereocenters. The molecule has 0 radical (unpaired) electrons. The lowest BCUT2D eigenvalue weighted by Crippen LogP contribution is -2.04. The molecule has 0 aliphatic heterocycles. The summed E-state index contributed by atoms with van der Waals surface area (Å²) < 4.78 is 5.46. The maximum Gasteiger partial charge on any atom is 0.342 e. The van der Waals surface area contributed by atoms with Crippen LogP contribution in [-0.2, 0) is 4.74 Å². The minimum Gasteiger partial charge on any atom is -0.506 e. The molecule has 17 heavy (non-hydrogen) atoms. The second-order valence-corrected chi connectivity index (χ2v) is 4.29. The van der Waals surface area contributed by atoms with Crippen molar-refractivity contribution in [2.45, 2.75) is 6.92 Å². The zero-order chi connectivity index (χ0) is 12.4. The molecule has 2 rings (SSSR count). The molecular formula is C13H11BrO3. The molecule has 2 aliphatic rings. The van der Waals surface area contributed by atoms with Gasteiger partial charge in [-0.05, 0) is 22.9 Å². The highest BCUT2D eigenvalue weighted by Crippen LogP contribution is 2.44. The van der Waals surface area contributed by atoms with Gasteiger partial charge in [-0.15, -0.1) is 0 Å². The van der Waals surface area contributed by atoms with Crippen LogP contribution >= 0.6 is 15.9 Å². The van der Waals surface area contributed by atoms with Crippen LogP contribution in [0.4, 0.5) is 0 Å². The molecule has 0 unspecified atom stereocenters. The largest absolute Gasteiger partial charge is 0.506 e. The molecule has 0 heterocycles. The van der Waals surface area contributed by atoms with Crippen molar-refractivity contribution in [3.63, 3.8) is 0 Å². The Kier molecular flexibility index (Phi) is 3.33. The third-order valence-corrected chi connectivity index (χ3v) is 3.27. The molecule has 0 saturated heterocycles. The van der Waals surface area contributed by atoms with Gasteiger partial charge in [0, 0.05) is 11.1 Å². The predicted molar refractivity (Wildman–Crippen MR) is 68.4 cm³/mol. The molecule has 0 bridgehead atoms. The third-order valence-electron chi connectivity index (χ3n) is 2.47.